The molecule has 1 aliphatic heterocycles. The number of hydrogen-bond acceptors (Lipinski definition) is 3. The van der Waals surface area contributed by atoms with E-state index in [9.17, 15) is 4.79 Å². The van der Waals surface area contributed by atoms with Gasteiger partial charge in [0.25, 0.3) is 0 Å². The van der Waals surface area contributed by atoms with Gasteiger partial charge in [-0.05, 0) is 50.2 Å². The van der Waals surface area contributed by atoms with Crippen molar-refractivity contribution in [3.63, 3.8) is 0 Å². The highest BCUT2D eigenvalue weighted by atomic mass is 16.5. The van der Waals surface area contributed by atoms with Gasteiger partial charge < -0.3 is 15.4 Å². The van der Waals surface area contributed by atoms with Crippen LogP contribution in [-0.4, -0.2) is 39.3 Å². The number of hydrogen-bond donors (Lipinski definition) is 2. The quantitative estimate of drug-likeness (QED) is 0.871. The smallest absolute Gasteiger partial charge is 0.321 e. The summed E-state index contributed by atoms with van der Waals surface area (Å²) in [5.74, 6) is 0.797. The molecule has 5 nitrogen and oxygen atoms in total. The van der Waals surface area contributed by atoms with Gasteiger partial charge in [0.05, 0.1) is 7.11 Å². The highest BCUT2D eigenvalue weighted by Crippen LogP contribution is 2.24. The van der Waals surface area contributed by atoms with E-state index in [1.165, 1.54) is 0 Å². The van der Waals surface area contributed by atoms with Crippen molar-refractivity contribution in [1.82, 2.24) is 10.6 Å². The Labute approximate surface area is 113 Å². The molecule has 104 valence electrons. The summed E-state index contributed by atoms with van der Waals surface area (Å²) in [5, 5.41) is 6.04. The van der Waals surface area contributed by atoms with E-state index in [1.807, 2.05) is 29.2 Å². The third-order valence-electron chi connectivity index (χ3n) is 3.46. The number of benzene rings is 1. The number of ether oxygens (including phenoxy) is 1. The molecule has 2 rings (SSSR count). The topological polar surface area (TPSA) is 53.6 Å². The van der Waals surface area contributed by atoms with E-state index in [2.05, 4.69) is 10.6 Å². The lowest BCUT2D eigenvalue weighted by Crippen LogP contribution is -2.49. The van der Waals surface area contributed by atoms with Crippen LogP contribution in [0, 0.1) is 0 Å². The lowest BCUT2D eigenvalue weighted by atomic mass is 10.0. The van der Waals surface area contributed by atoms with E-state index in [0.717, 1.165) is 37.4 Å². The summed E-state index contributed by atoms with van der Waals surface area (Å²) in [7, 11) is 3.30. The third-order valence-corrected chi connectivity index (χ3v) is 3.46. The zero-order valence-corrected chi connectivity index (χ0v) is 11.5. The Morgan fingerprint density at radius 1 is 1.32 bits per heavy atom. The Morgan fingerprint density at radius 3 is 2.47 bits per heavy atom. The summed E-state index contributed by atoms with van der Waals surface area (Å²) in [4.78, 5) is 14.0. The molecule has 5 heteroatoms. The number of rotatable bonds is 3. The van der Waals surface area contributed by atoms with E-state index < -0.39 is 0 Å². The number of urea groups is 1. The maximum Gasteiger partial charge on any atom is 0.321 e. The number of carbonyl (C=O) groups is 1. The summed E-state index contributed by atoms with van der Waals surface area (Å²) >= 11 is 0. The molecule has 0 saturated carbocycles. The first kappa shape index (κ1) is 13.7. The van der Waals surface area contributed by atoms with Crippen LogP contribution in [0.1, 0.15) is 12.8 Å². The van der Waals surface area contributed by atoms with E-state index >= 15 is 0 Å². The molecule has 0 radical (unpaired) electrons. The maximum absolute atomic E-state index is 12.1. The van der Waals surface area contributed by atoms with Crippen LogP contribution in [0.5, 0.6) is 5.75 Å². The Balaban J connectivity index is 2.22. The van der Waals surface area contributed by atoms with E-state index in [1.54, 1.807) is 14.2 Å². The third kappa shape index (κ3) is 3.17. The molecule has 0 aromatic heterocycles. The van der Waals surface area contributed by atoms with Gasteiger partial charge >= 0.3 is 6.03 Å². The van der Waals surface area contributed by atoms with Crippen LogP contribution in [0.25, 0.3) is 0 Å². The van der Waals surface area contributed by atoms with Gasteiger partial charge in [0, 0.05) is 18.8 Å². The zero-order chi connectivity index (χ0) is 13.7. The van der Waals surface area contributed by atoms with E-state index in [0.29, 0.717) is 0 Å². The Hall–Kier alpha value is -1.75. The summed E-state index contributed by atoms with van der Waals surface area (Å²) < 4.78 is 5.15. The van der Waals surface area contributed by atoms with E-state index in [-0.39, 0.29) is 12.1 Å². The molecule has 2 N–H and O–H groups in total. The largest absolute Gasteiger partial charge is 0.497 e. The van der Waals surface area contributed by atoms with Crippen molar-refractivity contribution in [2.75, 3.05) is 32.1 Å². The second-order valence-electron chi connectivity index (χ2n) is 4.60. The fraction of sp³-hybridized carbons (Fsp3) is 0.500. The lowest BCUT2D eigenvalue weighted by Gasteiger charge is -2.34. The van der Waals surface area contributed by atoms with Crippen molar-refractivity contribution in [3.8, 4) is 5.75 Å². The summed E-state index contributed by atoms with van der Waals surface area (Å²) in [6.07, 6.45) is 1.94. The van der Waals surface area contributed by atoms with Crippen LogP contribution >= 0.6 is 0 Å². The predicted molar refractivity (Wildman–Crippen MR) is 75.8 cm³/mol. The highest BCUT2D eigenvalue weighted by Gasteiger charge is 2.26. The standard InChI is InChI=1S/C14H21N3O2/c1-15-14(18)17(12-7-9-16-10-8-12)11-3-5-13(19-2)6-4-11/h3-6,12,16H,7-10H2,1-2H3,(H,15,18). The van der Waals surface area contributed by atoms with Crippen molar-refractivity contribution in [2.45, 2.75) is 18.9 Å². The van der Waals surface area contributed by atoms with Crippen molar-refractivity contribution in [1.29, 1.82) is 0 Å². The van der Waals surface area contributed by atoms with Crippen molar-refractivity contribution in [3.05, 3.63) is 24.3 Å². The monoisotopic (exact) mass is 263 g/mol. The minimum atomic E-state index is -0.0583. The van der Waals surface area contributed by atoms with Gasteiger partial charge in [0.2, 0.25) is 0 Å². The fourth-order valence-corrected chi connectivity index (χ4v) is 2.42. The summed E-state index contributed by atoms with van der Waals surface area (Å²) in [6.45, 7) is 1.91. The molecule has 0 spiro atoms. The SMILES string of the molecule is CNC(=O)N(c1ccc(OC)cc1)C1CCNCC1. The average Bonchev–Trinajstić information content (AvgIpc) is 2.49. The Bertz CT molecular complexity index is 413. The van der Waals surface area contributed by atoms with Crippen LogP contribution in [0.4, 0.5) is 10.5 Å². The number of methoxy groups -OCH3 is 1. The molecule has 0 bridgehead atoms. The highest BCUT2D eigenvalue weighted by molar-refractivity contribution is 5.92. The molecule has 1 aromatic carbocycles. The molecule has 2 amide bonds. The van der Waals surface area contributed by atoms with Crippen LogP contribution in [-0.2, 0) is 0 Å². The molecule has 1 aliphatic rings. The molecule has 1 heterocycles. The molecule has 1 fully saturated rings. The predicted octanol–water partition coefficient (Wildman–Crippen LogP) is 1.59. The van der Waals surface area contributed by atoms with Gasteiger partial charge in [-0.25, -0.2) is 4.79 Å². The number of amides is 2. The zero-order valence-electron chi connectivity index (χ0n) is 11.5. The maximum atomic E-state index is 12.1. The number of anilines is 1. The minimum absolute atomic E-state index is 0.0583. The molecule has 0 atom stereocenters. The van der Waals surface area contributed by atoms with Gasteiger partial charge in [0.1, 0.15) is 5.75 Å². The number of carbonyl (C=O) groups excluding carboxylic acids is 1. The van der Waals surface area contributed by atoms with Gasteiger partial charge in [-0.1, -0.05) is 0 Å². The first-order valence-corrected chi connectivity index (χ1v) is 6.62. The van der Waals surface area contributed by atoms with Crippen LogP contribution in [0.2, 0.25) is 0 Å². The number of nitrogens with one attached hydrogen (secondary N) is 2. The van der Waals surface area contributed by atoms with Gasteiger partial charge in [-0.3, -0.25) is 4.90 Å². The Kier molecular flexibility index (Phi) is 4.63. The number of piperidine rings is 1. The molecular weight excluding hydrogens is 242 g/mol. The summed E-state index contributed by atoms with van der Waals surface area (Å²) in [6, 6.07) is 7.80. The second kappa shape index (κ2) is 6.43. The van der Waals surface area contributed by atoms with Crippen LogP contribution in [0.15, 0.2) is 24.3 Å². The fourth-order valence-electron chi connectivity index (χ4n) is 2.42. The first-order valence-electron chi connectivity index (χ1n) is 6.62. The van der Waals surface area contributed by atoms with Crippen molar-refractivity contribution < 1.29 is 9.53 Å². The molecule has 0 aliphatic carbocycles. The van der Waals surface area contributed by atoms with Crippen LogP contribution < -0.4 is 20.3 Å². The van der Waals surface area contributed by atoms with Crippen molar-refractivity contribution >= 4 is 11.7 Å². The molecule has 1 aromatic rings. The molecule has 0 unspecified atom stereocenters. The first-order chi connectivity index (χ1) is 9.26. The van der Waals surface area contributed by atoms with E-state index in [4.69, 9.17) is 4.74 Å². The summed E-state index contributed by atoms with van der Waals surface area (Å²) in [5.41, 5.74) is 0.909. The Morgan fingerprint density at radius 2 is 1.95 bits per heavy atom. The second-order valence-corrected chi connectivity index (χ2v) is 4.60. The molecular formula is C14H21N3O2. The molecule has 19 heavy (non-hydrogen) atoms. The van der Waals surface area contributed by atoms with Gasteiger partial charge in [0.15, 0.2) is 0 Å². The van der Waals surface area contributed by atoms with Crippen molar-refractivity contribution in [2.24, 2.45) is 0 Å². The average molecular weight is 263 g/mol. The minimum Gasteiger partial charge on any atom is -0.497 e. The molecule has 1 saturated heterocycles. The van der Waals surface area contributed by atoms with Gasteiger partial charge in [-0.2, -0.15) is 0 Å². The number of nitrogens with zero attached hydrogens (tertiary/aromatic N) is 1. The van der Waals surface area contributed by atoms with Gasteiger partial charge in [-0.15, -0.1) is 0 Å². The normalized spacial score (nSPS) is 15.9. The lowest BCUT2D eigenvalue weighted by molar-refractivity contribution is 0.243. The van der Waals surface area contributed by atoms with Crippen LogP contribution in [0.3, 0.4) is 0 Å².